The van der Waals surface area contributed by atoms with Crippen LogP contribution in [-0.2, 0) is 28.5 Å². The summed E-state index contributed by atoms with van der Waals surface area (Å²) in [6.45, 7) is 12.1. The van der Waals surface area contributed by atoms with E-state index in [1.165, 1.54) is 6.92 Å². The van der Waals surface area contributed by atoms with E-state index in [9.17, 15) is 30.0 Å². The molecule has 2 aliphatic heterocycles. The van der Waals surface area contributed by atoms with E-state index in [1.54, 1.807) is 27.8 Å². The topological polar surface area (TPSA) is 185 Å². The molecule has 3 aliphatic rings. The Kier molecular flexibility index (Phi) is 12.6. The second-order valence-electron chi connectivity index (χ2n) is 13.8. The molecule has 6 N–H and O–H groups in total. The van der Waals surface area contributed by atoms with Crippen LogP contribution in [-0.4, -0.2) is 113 Å². The SMILES string of the molecule is CCC1=CC[C@@H](C)[C@@H](OC2[C@@H](C)C[C@@H](CC(=O)[C@@H](O)CNC(=O)OC(C)(C)C)[C@H](O[C@H]3OC[C@](C)(O)[C@H](NC)[C@H]3O)[C@H]2O)O1. The molecular weight excluding hydrogens is 576 g/mol. The molecule has 0 bridgehead atoms. The third kappa shape index (κ3) is 9.35. The monoisotopic (exact) mass is 630 g/mol. The zero-order valence-corrected chi connectivity index (χ0v) is 27.3. The summed E-state index contributed by atoms with van der Waals surface area (Å²) >= 11 is 0. The van der Waals surface area contributed by atoms with Gasteiger partial charge in [-0.2, -0.15) is 0 Å². The van der Waals surface area contributed by atoms with Gasteiger partial charge < -0.3 is 54.7 Å². The van der Waals surface area contributed by atoms with Crippen LogP contribution in [0.4, 0.5) is 4.79 Å². The maximum absolute atomic E-state index is 13.2. The van der Waals surface area contributed by atoms with Crippen LogP contribution in [0.5, 0.6) is 0 Å². The quantitative estimate of drug-likeness (QED) is 0.193. The normalized spacial score (nSPS) is 38.7. The van der Waals surface area contributed by atoms with Gasteiger partial charge in [0, 0.05) is 18.8 Å². The number of aliphatic hydroxyl groups is 4. The maximum atomic E-state index is 13.2. The fourth-order valence-corrected chi connectivity index (χ4v) is 6.16. The zero-order valence-electron chi connectivity index (χ0n) is 27.3. The molecule has 2 heterocycles. The summed E-state index contributed by atoms with van der Waals surface area (Å²) in [6.07, 6.45) is -4.65. The molecule has 44 heavy (non-hydrogen) atoms. The molecule has 0 aromatic carbocycles. The van der Waals surface area contributed by atoms with Gasteiger partial charge in [-0.25, -0.2) is 4.79 Å². The molecule has 0 aromatic rings. The number of Topliss-reactive ketones (excluding diaryl/α,β-unsaturated/α-hetero) is 1. The largest absolute Gasteiger partial charge is 0.469 e. The number of carbonyl (C=O) groups is 2. The number of aliphatic hydroxyl groups excluding tert-OH is 3. The molecule has 2 fully saturated rings. The maximum Gasteiger partial charge on any atom is 0.407 e. The fourth-order valence-electron chi connectivity index (χ4n) is 6.16. The first-order valence-electron chi connectivity index (χ1n) is 15.7. The molecule has 0 aromatic heterocycles. The van der Waals surface area contributed by atoms with Crippen LogP contribution < -0.4 is 10.6 Å². The van der Waals surface area contributed by atoms with Gasteiger partial charge in [0.25, 0.3) is 0 Å². The van der Waals surface area contributed by atoms with Gasteiger partial charge in [0.05, 0.1) is 37.2 Å². The highest BCUT2D eigenvalue weighted by Crippen LogP contribution is 2.40. The van der Waals surface area contributed by atoms with Crippen LogP contribution in [0.2, 0.25) is 0 Å². The second kappa shape index (κ2) is 15.2. The molecule has 3 rings (SSSR count). The molecule has 1 aliphatic carbocycles. The third-order valence-electron chi connectivity index (χ3n) is 8.57. The minimum Gasteiger partial charge on any atom is -0.469 e. The molecular formula is C31H54N2O11. The Labute approximate surface area is 260 Å². The van der Waals surface area contributed by atoms with Crippen molar-refractivity contribution in [3.63, 3.8) is 0 Å². The summed E-state index contributed by atoms with van der Waals surface area (Å²) in [4.78, 5) is 25.2. The van der Waals surface area contributed by atoms with Crippen molar-refractivity contribution in [3.05, 3.63) is 11.8 Å². The number of carbonyl (C=O) groups excluding carboxylic acids is 2. The highest BCUT2D eigenvalue weighted by molar-refractivity contribution is 5.84. The highest BCUT2D eigenvalue weighted by Gasteiger charge is 2.51. The Morgan fingerprint density at radius 2 is 1.77 bits per heavy atom. The van der Waals surface area contributed by atoms with E-state index in [2.05, 4.69) is 10.6 Å². The zero-order chi connectivity index (χ0) is 33.0. The molecule has 12 atom stereocenters. The van der Waals surface area contributed by atoms with E-state index in [0.717, 1.165) is 12.2 Å². The van der Waals surface area contributed by atoms with Crippen molar-refractivity contribution in [2.75, 3.05) is 20.2 Å². The number of alkyl carbamates (subject to hydrolysis) is 1. The van der Waals surface area contributed by atoms with Gasteiger partial charge in [-0.05, 0) is 65.5 Å². The molecule has 1 unspecified atom stereocenters. The molecule has 0 spiro atoms. The molecule has 13 nitrogen and oxygen atoms in total. The summed E-state index contributed by atoms with van der Waals surface area (Å²) in [6, 6.07) is -0.787. The van der Waals surface area contributed by atoms with Gasteiger partial charge in [-0.3, -0.25) is 4.79 Å². The number of hydrogen-bond donors (Lipinski definition) is 6. The first kappa shape index (κ1) is 36.6. The Balaban J connectivity index is 1.78. The number of likely N-dealkylation sites (N-methyl/N-ethyl adjacent to an activating group) is 1. The summed E-state index contributed by atoms with van der Waals surface area (Å²) in [5.74, 6) is -0.514. The van der Waals surface area contributed by atoms with E-state index in [0.29, 0.717) is 12.8 Å². The minimum absolute atomic E-state index is 0.0399. The van der Waals surface area contributed by atoms with E-state index < -0.39 is 78.1 Å². The van der Waals surface area contributed by atoms with Crippen molar-refractivity contribution in [1.29, 1.82) is 0 Å². The van der Waals surface area contributed by atoms with E-state index in [1.807, 2.05) is 26.8 Å². The van der Waals surface area contributed by atoms with Crippen LogP contribution in [0.25, 0.3) is 0 Å². The summed E-state index contributed by atoms with van der Waals surface area (Å²) in [7, 11) is 1.60. The number of ether oxygens (including phenoxy) is 5. The van der Waals surface area contributed by atoms with Gasteiger partial charge >= 0.3 is 6.09 Å². The van der Waals surface area contributed by atoms with Crippen molar-refractivity contribution in [3.8, 4) is 0 Å². The average Bonchev–Trinajstić information content (AvgIpc) is 2.92. The molecule has 0 radical (unpaired) electrons. The van der Waals surface area contributed by atoms with Crippen LogP contribution in [0.3, 0.4) is 0 Å². The minimum atomic E-state index is -1.51. The number of allylic oxidation sites excluding steroid dienone is 2. The number of ketones is 1. The van der Waals surface area contributed by atoms with Crippen molar-refractivity contribution >= 4 is 11.9 Å². The smallest absolute Gasteiger partial charge is 0.407 e. The van der Waals surface area contributed by atoms with Gasteiger partial charge in [0.1, 0.15) is 29.5 Å². The predicted octanol–water partition coefficient (Wildman–Crippen LogP) is 1.35. The van der Waals surface area contributed by atoms with Crippen molar-refractivity contribution in [2.24, 2.45) is 17.8 Å². The van der Waals surface area contributed by atoms with E-state index in [-0.39, 0.29) is 31.4 Å². The molecule has 254 valence electrons. The summed E-state index contributed by atoms with van der Waals surface area (Å²) < 4.78 is 29.6. The fraction of sp³-hybridized carbons (Fsp3) is 0.871. The van der Waals surface area contributed by atoms with Crippen LogP contribution in [0.15, 0.2) is 11.8 Å². The number of hydrogen-bond acceptors (Lipinski definition) is 12. The third-order valence-corrected chi connectivity index (χ3v) is 8.57. The lowest BCUT2D eigenvalue weighted by Gasteiger charge is -2.49. The van der Waals surface area contributed by atoms with Crippen molar-refractivity contribution < 1.29 is 53.7 Å². The summed E-state index contributed by atoms with van der Waals surface area (Å²) in [5.41, 5.74) is -2.12. The first-order chi connectivity index (χ1) is 20.5. The number of amides is 1. The Morgan fingerprint density at radius 1 is 1.11 bits per heavy atom. The average molecular weight is 631 g/mol. The first-order valence-corrected chi connectivity index (χ1v) is 15.7. The van der Waals surface area contributed by atoms with Crippen LogP contribution in [0, 0.1) is 17.8 Å². The van der Waals surface area contributed by atoms with E-state index >= 15 is 0 Å². The van der Waals surface area contributed by atoms with Crippen LogP contribution >= 0.6 is 0 Å². The highest BCUT2D eigenvalue weighted by atomic mass is 16.7. The van der Waals surface area contributed by atoms with Crippen molar-refractivity contribution in [1.82, 2.24) is 10.6 Å². The van der Waals surface area contributed by atoms with Crippen LogP contribution in [0.1, 0.15) is 74.1 Å². The summed E-state index contributed by atoms with van der Waals surface area (Å²) in [5, 5.41) is 49.3. The Morgan fingerprint density at radius 3 is 2.39 bits per heavy atom. The molecule has 1 amide bonds. The predicted molar refractivity (Wildman–Crippen MR) is 159 cm³/mol. The molecule has 1 saturated carbocycles. The molecule has 13 heteroatoms. The molecule has 1 saturated heterocycles. The lowest BCUT2D eigenvalue weighted by molar-refractivity contribution is -0.312. The standard InChI is InChI=1S/C31H54N2O11/c1-9-19-11-10-16(2)27(41-19)42-24-17(3)12-18(13-20(34)21(35)14-33-29(38)44-30(4,5)6)25(22(24)36)43-28-23(37)26(32-8)31(7,39)15-40-28/h11,16-18,21-28,32,35-37,39H,9-10,12-15H2,1-8H3,(H,33,38)/t16-,17+,18+,21+,22+,23-,24?,25+,26-,27-,28-,31+/m1/s1. The van der Waals surface area contributed by atoms with Gasteiger partial charge in [0.2, 0.25) is 6.29 Å². The van der Waals surface area contributed by atoms with Gasteiger partial charge in [-0.15, -0.1) is 0 Å². The van der Waals surface area contributed by atoms with Gasteiger partial charge in [-0.1, -0.05) is 20.8 Å². The lowest BCUT2D eigenvalue weighted by atomic mass is 9.74. The van der Waals surface area contributed by atoms with Crippen molar-refractivity contribution in [2.45, 2.75) is 134 Å². The Bertz CT molecular complexity index is 1000. The number of nitrogens with one attached hydrogen (secondary N) is 2. The van der Waals surface area contributed by atoms with E-state index in [4.69, 9.17) is 23.7 Å². The Hall–Kier alpha value is -1.84. The van der Waals surface area contributed by atoms with Gasteiger partial charge in [0.15, 0.2) is 12.1 Å². The lowest BCUT2D eigenvalue weighted by Crippen LogP contribution is -2.66. The number of rotatable bonds is 11. The second-order valence-corrected chi connectivity index (χ2v) is 13.8.